The monoisotopic (exact) mass is 423 g/mol. The molecule has 0 spiro atoms. The summed E-state index contributed by atoms with van der Waals surface area (Å²) in [5.41, 5.74) is 4.03. The summed E-state index contributed by atoms with van der Waals surface area (Å²) in [6.45, 7) is 7.17. The Morgan fingerprint density at radius 3 is 1.93 bits per heavy atom. The van der Waals surface area contributed by atoms with E-state index in [1.54, 1.807) is 36.4 Å². The largest absolute Gasteiger partial charge is 0.483 e. The summed E-state index contributed by atoms with van der Waals surface area (Å²) in [7, 11) is -4.10. The van der Waals surface area contributed by atoms with Crippen LogP contribution in [0.5, 0.6) is 5.75 Å². The Morgan fingerprint density at radius 2 is 1.33 bits per heavy atom. The van der Waals surface area contributed by atoms with E-state index in [1.165, 1.54) is 12.1 Å². The fourth-order valence-electron chi connectivity index (χ4n) is 2.97. The first-order valence-corrected chi connectivity index (χ1v) is 11.0. The average Bonchev–Trinajstić information content (AvgIpc) is 2.70. The lowest BCUT2D eigenvalue weighted by molar-refractivity contribution is -0.119. The van der Waals surface area contributed by atoms with E-state index in [9.17, 15) is 13.2 Å². The van der Waals surface area contributed by atoms with Crippen molar-refractivity contribution in [3.63, 3.8) is 0 Å². The number of carbonyl (C=O) groups excluding carboxylic acids is 1. The number of carbonyl (C=O) groups is 1. The van der Waals surface area contributed by atoms with Gasteiger partial charge in [0, 0.05) is 0 Å². The molecule has 0 heterocycles. The Balaban J connectivity index is 1.96. The van der Waals surface area contributed by atoms with Crippen LogP contribution in [0.25, 0.3) is 0 Å². The number of amides is 1. The number of hydrogen-bond donors (Lipinski definition) is 0. The van der Waals surface area contributed by atoms with Crippen molar-refractivity contribution >= 4 is 21.6 Å². The standard InChI is InChI=1S/C24H25NO4S/c1-17-6-11-21(12-7-17)25(30(27,28)22-13-8-18(2)9-14-22)24(26)16-29-23-15-19(3)5-10-20(23)4/h5-15H,16H2,1-4H3. The molecule has 0 radical (unpaired) electrons. The van der Waals surface area contributed by atoms with Crippen LogP contribution in [0.1, 0.15) is 22.3 Å². The van der Waals surface area contributed by atoms with Crippen LogP contribution in [-0.2, 0) is 14.8 Å². The first-order chi connectivity index (χ1) is 14.2. The normalized spacial score (nSPS) is 11.2. The van der Waals surface area contributed by atoms with Gasteiger partial charge in [-0.05, 0) is 69.2 Å². The minimum atomic E-state index is -4.10. The summed E-state index contributed by atoms with van der Waals surface area (Å²) in [4.78, 5) is 13.2. The first-order valence-electron chi connectivity index (χ1n) is 9.60. The van der Waals surface area contributed by atoms with Crippen molar-refractivity contribution in [2.75, 3.05) is 10.9 Å². The smallest absolute Gasteiger partial charge is 0.278 e. The first kappa shape index (κ1) is 21.6. The molecule has 6 heteroatoms. The molecule has 156 valence electrons. The van der Waals surface area contributed by atoms with Crippen LogP contribution in [0, 0.1) is 27.7 Å². The maximum absolute atomic E-state index is 13.4. The number of hydrogen-bond acceptors (Lipinski definition) is 4. The molecular weight excluding hydrogens is 398 g/mol. The summed E-state index contributed by atoms with van der Waals surface area (Å²) in [6.07, 6.45) is 0. The highest BCUT2D eigenvalue weighted by Gasteiger charge is 2.31. The summed E-state index contributed by atoms with van der Waals surface area (Å²) in [5.74, 6) is -0.111. The highest BCUT2D eigenvalue weighted by atomic mass is 32.2. The van der Waals surface area contributed by atoms with Gasteiger partial charge in [0.2, 0.25) is 0 Å². The maximum Gasteiger partial charge on any atom is 0.278 e. The van der Waals surface area contributed by atoms with Crippen molar-refractivity contribution in [2.45, 2.75) is 32.6 Å². The fraction of sp³-hybridized carbons (Fsp3) is 0.208. The Kier molecular flexibility index (Phi) is 6.27. The Labute approximate surface area is 178 Å². The van der Waals surface area contributed by atoms with Gasteiger partial charge in [-0.2, -0.15) is 4.31 Å². The molecule has 0 saturated carbocycles. The molecule has 0 aliphatic heterocycles. The molecule has 0 aliphatic rings. The maximum atomic E-state index is 13.4. The number of nitrogens with zero attached hydrogens (tertiary/aromatic N) is 1. The van der Waals surface area contributed by atoms with Crippen LogP contribution in [0.3, 0.4) is 0 Å². The van der Waals surface area contributed by atoms with Gasteiger partial charge in [0.15, 0.2) is 6.61 Å². The van der Waals surface area contributed by atoms with E-state index in [2.05, 4.69) is 0 Å². The molecule has 3 aromatic rings. The van der Waals surface area contributed by atoms with E-state index in [0.717, 1.165) is 26.6 Å². The number of sulfonamides is 1. The van der Waals surface area contributed by atoms with E-state index >= 15 is 0 Å². The lowest BCUT2D eigenvalue weighted by Gasteiger charge is -2.23. The predicted molar refractivity (Wildman–Crippen MR) is 118 cm³/mol. The fourth-order valence-corrected chi connectivity index (χ4v) is 4.38. The quantitative estimate of drug-likeness (QED) is 0.575. The van der Waals surface area contributed by atoms with Crippen LogP contribution >= 0.6 is 0 Å². The van der Waals surface area contributed by atoms with Gasteiger partial charge in [-0.1, -0.05) is 47.5 Å². The molecule has 0 aromatic heterocycles. The van der Waals surface area contributed by atoms with Crippen molar-refractivity contribution in [1.29, 1.82) is 0 Å². The molecule has 0 N–H and O–H groups in total. The van der Waals surface area contributed by atoms with E-state index < -0.39 is 22.5 Å². The van der Waals surface area contributed by atoms with Crippen molar-refractivity contribution < 1.29 is 17.9 Å². The van der Waals surface area contributed by atoms with Crippen molar-refractivity contribution in [1.82, 2.24) is 0 Å². The minimum Gasteiger partial charge on any atom is -0.483 e. The zero-order valence-electron chi connectivity index (χ0n) is 17.5. The van der Waals surface area contributed by atoms with Gasteiger partial charge >= 0.3 is 0 Å². The number of anilines is 1. The second kappa shape index (κ2) is 8.71. The summed E-state index contributed by atoms with van der Waals surface area (Å²) >= 11 is 0. The SMILES string of the molecule is Cc1ccc(N(C(=O)COc2cc(C)ccc2C)S(=O)(=O)c2ccc(C)cc2)cc1. The Bertz CT molecular complexity index is 1150. The third-order valence-corrected chi connectivity index (χ3v) is 6.51. The molecule has 5 nitrogen and oxygen atoms in total. The third kappa shape index (κ3) is 4.71. The van der Waals surface area contributed by atoms with Gasteiger partial charge in [0.1, 0.15) is 5.75 Å². The van der Waals surface area contributed by atoms with Gasteiger partial charge < -0.3 is 4.74 Å². The van der Waals surface area contributed by atoms with Crippen LogP contribution in [0.4, 0.5) is 5.69 Å². The topological polar surface area (TPSA) is 63.7 Å². The van der Waals surface area contributed by atoms with Crippen LogP contribution in [-0.4, -0.2) is 20.9 Å². The minimum absolute atomic E-state index is 0.0498. The summed E-state index contributed by atoms with van der Waals surface area (Å²) < 4.78 is 33.2. The van der Waals surface area contributed by atoms with E-state index in [0.29, 0.717) is 5.75 Å². The summed E-state index contributed by atoms with van der Waals surface area (Å²) in [6, 6.07) is 18.9. The Morgan fingerprint density at radius 1 is 0.800 bits per heavy atom. The molecule has 30 heavy (non-hydrogen) atoms. The number of rotatable bonds is 6. The second-order valence-corrected chi connectivity index (χ2v) is 9.16. The molecular formula is C24H25NO4S. The number of benzene rings is 3. The third-order valence-electron chi connectivity index (χ3n) is 4.75. The predicted octanol–water partition coefficient (Wildman–Crippen LogP) is 4.72. The molecule has 3 rings (SSSR count). The van der Waals surface area contributed by atoms with Gasteiger partial charge in [-0.15, -0.1) is 0 Å². The van der Waals surface area contributed by atoms with Crippen molar-refractivity contribution in [3.05, 3.63) is 89.0 Å². The number of aryl methyl sites for hydroxylation is 4. The highest BCUT2D eigenvalue weighted by Crippen LogP contribution is 2.26. The zero-order chi connectivity index (χ0) is 21.9. The van der Waals surface area contributed by atoms with E-state index in [-0.39, 0.29) is 10.6 Å². The summed E-state index contributed by atoms with van der Waals surface area (Å²) in [5, 5.41) is 0. The molecule has 3 aromatic carbocycles. The van der Waals surface area contributed by atoms with Gasteiger partial charge in [0.05, 0.1) is 10.6 Å². The van der Waals surface area contributed by atoms with Gasteiger partial charge in [-0.3, -0.25) is 4.79 Å². The second-order valence-electron chi connectivity index (χ2n) is 7.37. The lowest BCUT2D eigenvalue weighted by Crippen LogP contribution is -2.40. The van der Waals surface area contributed by atoms with Crippen molar-refractivity contribution in [2.24, 2.45) is 0 Å². The van der Waals surface area contributed by atoms with Crippen LogP contribution < -0.4 is 9.04 Å². The Hall–Kier alpha value is -3.12. The van der Waals surface area contributed by atoms with E-state index in [1.807, 2.05) is 45.9 Å². The van der Waals surface area contributed by atoms with E-state index in [4.69, 9.17) is 4.74 Å². The average molecular weight is 424 g/mol. The van der Waals surface area contributed by atoms with Gasteiger partial charge in [0.25, 0.3) is 15.9 Å². The molecule has 0 saturated heterocycles. The lowest BCUT2D eigenvalue weighted by atomic mass is 10.1. The highest BCUT2D eigenvalue weighted by molar-refractivity contribution is 7.93. The van der Waals surface area contributed by atoms with Gasteiger partial charge in [-0.25, -0.2) is 8.42 Å². The molecule has 1 amide bonds. The van der Waals surface area contributed by atoms with Crippen molar-refractivity contribution in [3.8, 4) is 5.75 Å². The molecule has 0 aliphatic carbocycles. The molecule has 0 atom stereocenters. The zero-order valence-corrected chi connectivity index (χ0v) is 18.4. The van der Waals surface area contributed by atoms with Crippen LogP contribution in [0.15, 0.2) is 71.6 Å². The number of ether oxygens (including phenoxy) is 1. The molecule has 0 bridgehead atoms. The van der Waals surface area contributed by atoms with Crippen LogP contribution in [0.2, 0.25) is 0 Å². The molecule has 0 unspecified atom stereocenters. The molecule has 0 fully saturated rings.